The monoisotopic (exact) mass is 358 g/mol. The fourth-order valence-corrected chi connectivity index (χ4v) is 3.82. The second-order valence-electron chi connectivity index (χ2n) is 5.69. The van der Waals surface area contributed by atoms with Gasteiger partial charge in [-0.25, -0.2) is 10.2 Å². The first-order valence-electron chi connectivity index (χ1n) is 8.02. The quantitative estimate of drug-likeness (QED) is 0.614. The number of hydrogen-bond acceptors (Lipinski definition) is 5. The number of carboxylic acids is 1. The van der Waals surface area contributed by atoms with Gasteiger partial charge in [0.15, 0.2) is 6.61 Å². The average molecular weight is 358 g/mol. The molecule has 0 bridgehead atoms. The van der Waals surface area contributed by atoms with E-state index in [9.17, 15) is 9.59 Å². The summed E-state index contributed by atoms with van der Waals surface area (Å²) >= 11 is 1.53. The van der Waals surface area contributed by atoms with Crippen molar-refractivity contribution in [3.8, 4) is 5.75 Å². The van der Waals surface area contributed by atoms with Crippen LogP contribution in [0.2, 0.25) is 0 Å². The predicted octanol–water partition coefficient (Wildman–Crippen LogP) is 2.85. The van der Waals surface area contributed by atoms with Crippen molar-refractivity contribution in [2.45, 2.75) is 25.7 Å². The number of aliphatic carboxylic acids is 1. The van der Waals surface area contributed by atoms with Crippen LogP contribution < -0.4 is 10.2 Å². The molecule has 0 saturated carbocycles. The molecule has 1 aromatic carbocycles. The third-order valence-corrected chi connectivity index (χ3v) is 5.10. The van der Waals surface area contributed by atoms with Gasteiger partial charge in [0, 0.05) is 10.4 Å². The molecule has 2 N–H and O–H groups in total. The maximum atomic E-state index is 12.2. The van der Waals surface area contributed by atoms with Crippen molar-refractivity contribution in [1.82, 2.24) is 5.43 Å². The van der Waals surface area contributed by atoms with E-state index < -0.39 is 12.6 Å². The molecular weight excluding hydrogens is 340 g/mol. The van der Waals surface area contributed by atoms with Gasteiger partial charge in [-0.1, -0.05) is 12.1 Å². The third kappa shape index (κ3) is 4.45. The van der Waals surface area contributed by atoms with E-state index in [2.05, 4.69) is 10.5 Å². The number of ether oxygens (including phenoxy) is 1. The number of carbonyl (C=O) groups is 2. The van der Waals surface area contributed by atoms with Gasteiger partial charge < -0.3 is 9.84 Å². The van der Waals surface area contributed by atoms with Crippen LogP contribution >= 0.6 is 11.3 Å². The Bertz CT molecular complexity index is 790. The number of para-hydroxylation sites is 1. The first-order valence-corrected chi connectivity index (χ1v) is 8.84. The summed E-state index contributed by atoms with van der Waals surface area (Å²) in [6.45, 7) is -0.433. The topological polar surface area (TPSA) is 88.0 Å². The third-order valence-electron chi connectivity index (χ3n) is 3.86. The van der Waals surface area contributed by atoms with Crippen molar-refractivity contribution >= 4 is 29.4 Å². The Kier molecular flexibility index (Phi) is 5.45. The number of carbonyl (C=O) groups excluding carboxylic acids is 1. The minimum absolute atomic E-state index is 0.236. The van der Waals surface area contributed by atoms with E-state index in [0.29, 0.717) is 16.2 Å². The molecule has 1 heterocycles. The first-order chi connectivity index (χ1) is 12.1. The SMILES string of the molecule is O=C(O)COc1ccccc1/C=N/NC(=O)c1cc2c(s1)CCCC2. The maximum Gasteiger partial charge on any atom is 0.341 e. The molecule has 7 heteroatoms. The molecule has 0 radical (unpaired) electrons. The Hall–Kier alpha value is -2.67. The average Bonchev–Trinajstić information content (AvgIpc) is 3.05. The summed E-state index contributed by atoms with van der Waals surface area (Å²) in [5, 5.41) is 12.7. The van der Waals surface area contributed by atoms with E-state index in [1.165, 1.54) is 40.8 Å². The van der Waals surface area contributed by atoms with Crippen molar-refractivity contribution < 1.29 is 19.4 Å². The number of nitrogens with zero attached hydrogens (tertiary/aromatic N) is 1. The fourth-order valence-electron chi connectivity index (χ4n) is 2.68. The second kappa shape index (κ2) is 7.94. The molecule has 0 unspecified atom stereocenters. The van der Waals surface area contributed by atoms with Crippen LogP contribution in [0.15, 0.2) is 35.4 Å². The van der Waals surface area contributed by atoms with Gasteiger partial charge in [0.25, 0.3) is 5.91 Å². The highest BCUT2D eigenvalue weighted by Crippen LogP contribution is 2.29. The number of fused-ring (bicyclic) bond motifs is 1. The van der Waals surface area contributed by atoms with Crippen molar-refractivity contribution in [3.05, 3.63) is 51.2 Å². The van der Waals surface area contributed by atoms with Gasteiger partial charge in [-0.15, -0.1) is 11.3 Å². The number of rotatable bonds is 6. The maximum absolute atomic E-state index is 12.2. The number of hydrogen-bond donors (Lipinski definition) is 2. The fraction of sp³-hybridized carbons (Fsp3) is 0.278. The summed E-state index contributed by atoms with van der Waals surface area (Å²) in [5.74, 6) is -0.893. The molecule has 2 aromatic rings. The Morgan fingerprint density at radius 2 is 2.08 bits per heavy atom. The zero-order valence-electron chi connectivity index (χ0n) is 13.5. The van der Waals surface area contributed by atoms with E-state index in [4.69, 9.17) is 9.84 Å². The Balaban J connectivity index is 1.64. The standard InChI is InChI=1S/C18H18N2O4S/c21-17(22)11-24-14-7-3-1-6-13(14)10-19-20-18(23)16-9-12-5-2-4-8-15(12)25-16/h1,3,6-7,9-10H,2,4-5,8,11H2,(H,20,23)(H,21,22)/b19-10+. The molecule has 6 nitrogen and oxygen atoms in total. The van der Waals surface area contributed by atoms with Crippen molar-refractivity contribution in [1.29, 1.82) is 0 Å². The van der Waals surface area contributed by atoms with E-state index in [1.54, 1.807) is 24.3 Å². The second-order valence-corrected chi connectivity index (χ2v) is 6.82. The van der Waals surface area contributed by atoms with E-state index in [1.807, 2.05) is 6.07 Å². The van der Waals surface area contributed by atoms with Gasteiger partial charge in [0.05, 0.1) is 11.1 Å². The smallest absolute Gasteiger partial charge is 0.341 e. The predicted molar refractivity (Wildman–Crippen MR) is 95.6 cm³/mol. The lowest BCUT2D eigenvalue weighted by atomic mass is 9.99. The highest BCUT2D eigenvalue weighted by atomic mass is 32.1. The molecular formula is C18H18N2O4S. The van der Waals surface area contributed by atoms with Gasteiger partial charge in [0.2, 0.25) is 0 Å². The van der Waals surface area contributed by atoms with Crippen LogP contribution in [-0.2, 0) is 17.6 Å². The highest BCUT2D eigenvalue weighted by molar-refractivity contribution is 7.14. The van der Waals surface area contributed by atoms with E-state index in [0.717, 1.165) is 12.8 Å². The van der Waals surface area contributed by atoms with Crippen molar-refractivity contribution in [3.63, 3.8) is 0 Å². The van der Waals surface area contributed by atoms with E-state index in [-0.39, 0.29) is 5.91 Å². The molecule has 130 valence electrons. The molecule has 1 aliphatic rings. The van der Waals surface area contributed by atoms with Crippen LogP contribution in [0.1, 0.15) is 38.5 Å². The van der Waals surface area contributed by atoms with Gasteiger partial charge >= 0.3 is 5.97 Å². The molecule has 25 heavy (non-hydrogen) atoms. The van der Waals surface area contributed by atoms with Gasteiger partial charge in [-0.2, -0.15) is 5.10 Å². The zero-order valence-corrected chi connectivity index (χ0v) is 14.3. The van der Waals surface area contributed by atoms with Crippen LogP contribution in [0, 0.1) is 0 Å². The summed E-state index contributed by atoms with van der Waals surface area (Å²) in [5.41, 5.74) is 4.39. The normalized spacial score (nSPS) is 13.4. The van der Waals surface area contributed by atoms with Gasteiger partial charge in [-0.3, -0.25) is 4.79 Å². The van der Waals surface area contributed by atoms with Crippen LogP contribution in [0.4, 0.5) is 0 Å². The molecule has 0 aliphatic heterocycles. The Morgan fingerprint density at radius 1 is 1.28 bits per heavy atom. The number of hydrazone groups is 1. The summed E-state index contributed by atoms with van der Waals surface area (Å²) in [4.78, 5) is 24.8. The number of aryl methyl sites for hydroxylation is 2. The number of carboxylic acid groups (broad SMARTS) is 1. The van der Waals surface area contributed by atoms with Crippen LogP contribution in [0.25, 0.3) is 0 Å². The highest BCUT2D eigenvalue weighted by Gasteiger charge is 2.16. The molecule has 0 saturated heterocycles. The number of benzene rings is 1. The van der Waals surface area contributed by atoms with Crippen LogP contribution in [0.3, 0.4) is 0 Å². The van der Waals surface area contributed by atoms with Crippen LogP contribution in [0.5, 0.6) is 5.75 Å². The number of thiophene rings is 1. The lowest BCUT2D eigenvalue weighted by molar-refractivity contribution is -0.139. The lowest BCUT2D eigenvalue weighted by Gasteiger charge is -2.08. The number of amides is 1. The molecule has 0 fully saturated rings. The summed E-state index contributed by atoms with van der Waals surface area (Å²) in [7, 11) is 0. The summed E-state index contributed by atoms with van der Waals surface area (Å²) in [6.07, 6.45) is 5.89. The summed E-state index contributed by atoms with van der Waals surface area (Å²) < 4.78 is 5.19. The molecule has 3 rings (SSSR count). The minimum atomic E-state index is -1.05. The zero-order chi connectivity index (χ0) is 17.6. The molecule has 1 aliphatic carbocycles. The number of nitrogens with one attached hydrogen (secondary N) is 1. The Morgan fingerprint density at radius 3 is 2.88 bits per heavy atom. The molecule has 1 amide bonds. The largest absolute Gasteiger partial charge is 0.481 e. The lowest BCUT2D eigenvalue weighted by Crippen LogP contribution is -2.16. The molecule has 0 atom stereocenters. The van der Waals surface area contributed by atoms with Crippen LogP contribution in [-0.4, -0.2) is 29.8 Å². The van der Waals surface area contributed by atoms with Crippen molar-refractivity contribution in [2.75, 3.05) is 6.61 Å². The van der Waals surface area contributed by atoms with E-state index >= 15 is 0 Å². The van der Waals surface area contributed by atoms with Crippen molar-refractivity contribution in [2.24, 2.45) is 5.10 Å². The van der Waals surface area contributed by atoms with Gasteiger partial charge in [-0.05, 0) is 49.4 Å². The molecule has 0 spiro atoms. The Labute approximate surface area is 149 Å². The first kappa shape index (κ1) is 17.2. The minimum Gasteiger partial charge on any atom is -0.481 e. The molecule has 1 aromatic heterocycles. The van der Waals surface area contributed by atoms with Gasteiger partial charge in [0.1, 0.15) is 5.75 Å². The summed E-state index contributed by atoms with van der Waals surface area (Å²) in [6, 6.07) is 8.86.